The van der Waals surface area contributed by atoms with Crippen molar-refractivity contribution in [2.75, 3.05) is 13.2 Å². The minimum absolute atomic E-state index is 0.320. The van der Waals surface area contributed by atoms with Crippen molar-refractivity contribution < 1.29 is 14.3 Å². The maximum atomic E-state index is 11.3. The third kappa shape index (κ3) is 5.64. The number of benzene rings is 1. The predicted molar refractivity (Wildman–Crippen MR) is 80.7 cm³/mol. The Hall–Kier alpha value is -1.71. The average Bonchev–Trinajstić information content (AvgIpc) is 2.40. The number of unbranched alkanes of at least 4 members (excludes halogenated alkanes) is 1. The number of carbonyl (C=O) groups is 1. The Morgan fingerprint density at radius 1 is 1.37 bits per heavy atom. The quantitative estimate of drug-likeness (QED) is 0.324. The molecule has 0 bridgehead atoms. The van der Waals surface area contributed by atoms with Gasteiger partial charge in [-0.25, -0.2) is 4.79 Å². The Labute approximate surface area is 116 Å². The van der Waals surface area contributed by atoms with Crippen LogP contribution < -0.4 is 10.2 Å². The fourth-order valence-corrected chi connectivity index (χ4v) is 1.57. The summed E-state index contributed by atoms with van der Waals surface area (Å²) in [6, 6.07) is 5.89. The largest absolute Gasteiger partial charge is 0.494 e. The van der Waals surface area contributed by atoms with Crippen molar-refractivity contribution in [3.05, 3.63) is 29.8 Å². The molecule has 0 unspecified atom stereocenters. The lowest BCUT2D eigenvalue weighted by molar-refractivity contribution is -0.137. The van der Waals surface area contributed by atoms with E-state index in [4.69, 9.17) is 9.47 Å². The fraction of sp³-hybridized carbons (Fsp3) is 0.400. The average molecular weight is 260 g/mol. The first-order chi connectivity index (χ1) is 9.17. The molecule has 19 heavy (non-hydrogen) atoms. The summed E-state index contributed by atoms with van der Waals surface area (Å²) in [5.74, 6) is 0.516. The van der Waals surface area contributed by atoms with Crippen molar-refractivity contribution in [2.45, 2.75) is 26.7 Å². The Balaban J connectivity index is 2.71. The lowest BCUT2D eigenvalue weighted by atomic mass is 9.90. The molecule has 0 aliphatic rings. The number of hydrogen-bond donors (Lipinski definition) is 0. The van der Waals surface area contributed by atoms with E-state index in [1.807, 2.05) is 26.0 Å². The van der Waals surface area contributed by atoms with Crippen LogP contribution in [-0.4, -0.2) is 27.0 Å². The van der Waals surface area contributed by atoms with Gasteiger partial charge in [-0.1, -0.05) is 24.9 Å². The van der Waals surface area contributed by atoms with E-state index >= 15 is 0 Å². The highest BCUT2D eigenvalue weighted by molar-refractivity contribution is 6.34. The molecule has 0 N–H and O–H groups in total. The molecule has 0 aromatic heterocycles. The Morgan fingerprint density at radius 2 is 2.16 bits per heavy atom. The lowest BCUT2D eigenvalue weighted by Gasteiger charge is -2.08. The zero-order valence-corrected chi connectivity index (χ0v) is 11.9. The second-order valence-corrected chi connectivity index (χ2v) is 4.31. The van der Waals surface area contributed by atoms with Crippen LogP contribution in [0, 0.1) is 0 Å². The van der Waals surface area contributed by atoms with E-state index in [1.54, 1.807) is 13.0 Å². The molecule has 4 heteroatoms. The molecule has 0 atom stereocenters. The van der Waals surface area contributed by atoms with Crippen molar-refractivity contribution in [1.29, 1.82) is 0 Å². The topological polar surface area (TPSA) is 35.5 Å². The molecule has 0 radical (unpaired) electrons. The van der Waals surface area contributed by atoms with Crippen molar-refractivity contribution >= 4 is 25.4 Å². The van der Waals surface area contributed by atoms with Crippen LogP contribution in [0.1, 0.15) is 32.3 Å². The highest BCUT2D eigenvalue weighted by Crippen LogP contribution is 2.13. The highest BCUT2D eigenvalue weighted by Gasteiger charge is 2.00. The molecule has 0 spiro atoms. The second-order valence-electron chi connectivity index (χ2n) is 4.31. The van der Waals surface area contributed by atoms with E-state index in [0.717, 1.165) is 36.2 Å². The standard InChI is InChI=1S/C15H21BO3/c1-3-5-10-19-13-7-8-14(16)12(11-13)6-9-15(17)18-4-2/h6-9,11H,3-5,10,16H2,1-2H3/b9-6+. The molecule has 3 nitrogen and oxygen atoms in total. The molecule has 102 valence electrons. The molecule has 1 aromatic rings. The number of esters is 1. The smallest absolute Gasteiger partial charge is 0.330 e. The lowest BCUT2D eigenvalue weighted by Crippen LogP contribution is -2.08. The van der Waals surface area contributed by atoms with Crippen molar-refractivity contribution in [1.82, 2.24) is 0 Å². The van der Waals surface area contributed by atoms with Gasteiger partial charge in [0.05, 0.1) is 13.2 Å². The van der Waals surface area contributed by atoms with E-state index < -0.39 is 0 Å². The summed E-state index contributed by atoms with van der Waals surface area (Å²) in [7, 11) is 2.00. The first-order valence-corrected chi connectivity index (χ1v) is 6.75. The Kier molecular flexibility index (Phi) is 6.79. The van der Waals surface area contributed by atoms with E-state index in [-0.39, 0.29) is 5.97 Å². The summed E-state index contributed by atoms with van der Waals surface area (Å²) in [5, 5.41) is 0. The summed E-state index contributed by atoms with van der Waals surface area (Å²) >= 11 is 0. The molecule has 0 aliphatic carbocycles. The number of ether oxygens (including phenoxy) is 2. The summed E-state index contributed by atoms with van der Waals surface area (Å²) in [5.41, 5.74) is 2.07. The van der Waals surface area contributed by atoms with Crippen LogP contribution in [-0.2, 0) is 9.53 Å². The van der Waals surface area contributed by atoms with Crippen LogP contribution in [0.5, 0.6) is 5.75 Å². The normalized spacial score (nSPS) is 10.6. The van der Waals surface area contributed by atoms with Crippen molar-refractivity contribution in [2.24, 2.45) is 0 Å². The van der Waals surface area contributed by atoms with Gasteiger partial charge in [-0.15, -0.1) is 0 Å². The van der Waals surface area contributed by atoms with Crippen molar-refractivity contribution in [3.8, 4) is 5.75 Å². The fourth-order valence-electron chi connectivity index (χ4n) is 1.57. The molecule has 0 fully saturated rings. The van der Waals surface area contributed by atoms with Crippen LogP contribution in [0.15, 0.2) is 24.3 Å². The zero-order valence-electron chi connectivity index (χ0n) is 11.9. The summed E-state index contributed by atoms with van der Waals surface area (Å²) in [6.07, 6.45) is 5.37. The van der Waals surface area contributed by atoms with Gasteiger partial charge in [0.2, 0.25) is 0 Å². The first kappa shape index (κ1) is 15.4. The van der Waals surface area contributed by atoms with Gasteiger partial charge in [-0.05, 0) is 37.1 Å². The third-order valence-corrected chi connectivity index (χ3v) is 2.70. The maximum Gasteiger partial charge on any atom is 0.330 e. The summed E-state index contributed by atoms with van der Waals surface area (Å²) < 4.78 is 10.5. The molecule has 0 saturated heterocycles. The van der Waals surface area contributed by atoms with Crippen molar-refractivity contribution in [3.63, 3.8) is 0 Å². The molecule has 1 rings (SSSR count). The molecule has 0 heterocycles. The van der Waals surface area contributed by atoms with Crippen LogP contribution in [0.3, 0.4) is 0 Å². The third-order valence-electron chi connectivity index (χ3n) is 2.70. The van der Waals surface area contributed by atoms with Crippen LogP contribution in [0.25, 0.3) is 6.08 Å². The zero-order chi connectivity index (χ0) is 14.1. The highest BCUT2D eigenvalue weighted by atomic mass is 16.5. The molecule has 1 aromatic carbocycles. The van der Waals surface area contributed by atoms with Gasteiger partial charge in [0.1, 0.15) is 13.6 Å². The van der Waals surface area contributed by atoms with Crippen LogP contribution in [0.2, 0.25) is 0 Å². The van der Waals surface area contributed by atoms with E-state index in [9.17, 15) is 4.79 Å². The molecule has 0 amide bonds. The van der Waals surface area contributed by atoms with Crippen LogP contribution in [0.4, 0.5) is 0 Å². The van der Waals surface area contributed by atoms with E-state index in [2.05, 4.69) is 6.92 Å². The van der Waals surface area contributed by atoms with Crippen LogP contribution >= 0.6 is 0 Å². The van der Waals surface area contributed by atoms with Gasteiger partial charge < -0.3 is 9.47 Å². The number of carbonyl (C=O) groups excluding carboxylic acids is 1. The van der Waals surface area contributed by atoms with E-state index in [0.29, 0.717) is 6.61 Å². The van der Waals surface area contributed by atoms with E-state index in [1.165, 1.54) is 6.08 Å². The number of hydrogen-bond acceptors (Lipinski definition) is 3. The minimum atomic E-state index is -0.320. The molecular formula is C15H21BO3. The summed E-state index contributed by atoms with van der Waals surface area (Å²) in [4.78, 5) is 11.3. The number of rotatable bonds is 7. The van der Waals surface area contributed by atoms with Gasteiger partial charge in [0.15, 0.2) is 0 Å². The van der Waals surface area contributed by atoms with Gasteiger partial charge >= 0.3 is 5.97 Å². The summed E-state index contributed by atoms with van der Waals surface area (Å²) in [6.45, 7) is 5.04. The predicted octanol–water partition coefficient (Wildman–Crippen LogP) is 1.70. The van der Waals surface area contributed by atoms with Gasteiger partial charge in [0, 0.05) is 6.08 Å². The van der Waals surface area contributed by atoms with Gasteiger partial charge in [0.25, 0.3) is 0 Å². The van der Waals surface area contributed by atoms with Gasteiger partial charge in [-0.2, -0.15) is 0 Å². The molecule has 0 aliphatic heterocycles. The maximum absolute atomic E-state index is 11.3. The Morgan fingerprint density at radius 3 is 2.84 bits per heavy atom. The molecular weight excluding hydrogens is 239 g/mol. The second kappa shape index (κ2) is 8.41. The van der Waals surface area contributed by atoms with Gasteiger partial charge in [-0.3, -0.25) is 0 Å². The molecule has 0 saturated carbocycles. The monoisotopic (exact) mass is 260 g/mol. The SMILES string of the molecule is Bc1ccc(OCCCC)cc1/C=C/C(=O)OCC. The first-order valence-electron chi connectivity index (χ1n) is 6.75. The minimum Gasteiger partial charge on any atom is -0.494 e. The Bertz CT molecular complexity index is 441.